The molecule has 2 aromatic carbocycles. The van der Waals surface area contributed by atoms with Gasteiger partial charge < -0.3 is 9.47 Å². The molecule has 1 heterocycles. The summed E-state index contributed by atoms with van der Waals surface area (Å²) in [5.74, 6) is 0.734. The second-order valence-electron chi connectivity index (χ2n) is 5.81. The summed E-state index contributed by atoms with van der Waals surface area (Å²) in [4.78, 5) is 30.2. The Kier molecular flexibility index (Phi) is 5.31. The fourth-order valence-electron chi connectivity index (χ4n) is 2.86. The van der Waals surface area contributed by atoms with Crippen LogP contribution in [-0.4, -0.2) is 38.3 Å². The highest BCUT2D eigenvalue weighted by Gasteiger charge is 2.36. The Bertz CT molecular complexity index is 846. The third-order valence-electron chi connectivity index (χ3n) is 4.18. The van der Waals surface area contributed by atoms with Gasteiger partial charge in [-0.25, -0.2) is 4.90 Å². The SMILES string of the molecule is COc1ccc(CCN=C2CC(=O)N(c3ccccc3)C2=O)cc1OC. The molecule has 0 aromatic heterocycles. The first-order valence-corrected chi connectivity index (χ1v) is 8.30. The molecule has 0 radical (unpaired) electrons. The summed E-state index contributed by atoms with van der Waals surface area (Å²) in [7, 11) is 3.17. The van der Waals surface area contributed by atoms with Crippen molar-refractivity contribution in [3.8, 4) is 11.5 Å². The van der Waals surface area contributed by atoms with Gasteiger partial charge in [-0.05, 0) is 36.2 Å². The van der Waals surface area contributed by atoms with E-state index in [-0.39, 0.29) is 18.2 Å². The molecule has 0 aliphatic carbocycles. The van der Waals surface area contributed by atoms with E-state index in [1.165, 1.54) is 4.90 Å². The minimum absolute atomic E-state index is 0.0413. The molecule has 2 aromatic rings. The van der Waals surface area contributed by atoms with E-state index in [0.29, 0.717) is 35.9 Å². The summed E-state index contributed by atoms with van der Waals surface area (Å²) in [6.45, 7) is 0.423. The van der Waals surface area contributed by atoms with Crippen LogP contribution in [0.5, 0.6) is 11.5 Å². The van der Waals surface area contributed by atoms with Gasteiger partial charge in [0.1, 0.15) is 5.71 Å². The maximum absolute atomic E-state index is 12.5. The van der Waals surface area contributed by atoms with Crippen molar-refractivity contribution in [1.29, 1.82) is 0 Å². The Morgan fingerprint density at radius 3 is 2.42 bits per heavy atom. The largest absolute Gasteiger partial charge is 0.493 e. The number of nitrogens with zero attached hydrogens (tertiary/aromatic N) is 2. The summed E-state index contributed by atoms with van der Waals surface area (Å²) in [5, 5.41) is 0. The lowest BCUT2D eigenvalue weighted by atomic mass is 10.1. The number of ether oxygens (including phenoxy) is 2. The van der Waals surface area contributed by atoms with Gasteiger partial charge in [-0.2, -0.15) is 0 Å². The molecule has 0 spiro atoms. The van der Waals surface area contributed by atoms with Gasteiger partial charge in [0.2, 0.25) is 5.91 Å². The molecule has 6 nitrogen and oxygen atoms in total. The molecule has 0 saturated carbocycles. The molecule has 134 valence electrons. The Balaban J connectivity index is 1.68. The van der Waals surface area contributed by atoms with Crippen molar-refractivity contribution in [3.05, 3.63) is 54.1 Å². The van der Waals surface area contributed by atoms with E-state index < -0.39 is 0 Å². The Morgan fingerprint density at radius 1 is 1.00 bits per heavy atom. The number of carbonyl (C=O) groups is 2. The molecule has 1 fully saturated rings. The molecule has 26 heavy (non-hydrogen) atoms. The molecular formula is C20H20N2O4. The Hall–Kier alpha value is -3.15. The van der Waals surface area contributed by atoms with Crippen LogP contribution in [-0.2, 0) is 16.0 Å². The number of methoxy groups -OCH3 is 2. The highest BCUT2D eigenvalue weighted by molar-refractivity contribution is 6.56. The zero-order valence-corrected chi connectivity index (χ0v) is 14.8. The quantitative estimate of drug-likeness (QED) is 0.750. The number of rotatable bonds is 6. The molecule has 0 atom stereocenters. The van der Waals surface area contributed by atoms with Gasteiger partial charge in [0.05, 0.1) is 26.3 Å². The first-order valence-electron chi connectivity index (χ1n) is 8.30. The molecule has 2 amide bonds. The van der Waals surface area contributed by atoms with Crippen LogP contribution < -0.4 is 14.4 Å². The number of amides is 2. The zero-order chi connectivity index (χ0) is 18.5. The number of hydrogen-bond donors (Lipinski definition) is 0. The lowest BCUT2D eigenvalue weighted by Gasteiger charge is -2.12. The van der Waals surface area contributed by atoms with E-state index in [1.54, 1.807) is 38.5 Å². The van der Waals surface area contributed by atoms with E-state index in [2.05, 4.69) is 4.99 Å². The predicted molar refractivity (Wildman–Crippen MR) is 99.1 cm³/mol. The van der Waals surface area contributed by atoms with Crippen LogP contribution in [0.2, 0.25) is 0 Å². The fraction of sp³-hybridized carbons (Fsp3) is 0.250. The topological polar surface area (TPSA) is 68.2 Å². The molecule has 6 heteroatoms. The van der Waals surface area contributed by atoms with E-state index in [4.69, 9.17) is 9.47 Å². The van der Waals surface area contributed by atoms with Crippen molar-refractivity contribution in [2.24, 2.45) is 4.99 Å². The highest BCUT2D eigenvalue weighted by Crippen LogP contribution is 2.27. The van der Waals surface area contributed by atoms with Gasteiger partial charge in [0.25, 0.3) is 5.91 Å². The van der Waals surface area contributed by atoms with E-state index in [9.17, 15) is 9.59 Å². The summed E-state index contributed by atoms with van der Waals surface area (Å²) < 4.78 is 10.5. The monoisotopic (exact) mass is 352 g/mol. The number of para-hydroxylation sites is 1. The average Bonchev–Trinajstić information content (AvgIpc) is 2.95. The fourth-order valence-corrected chi connectivity index (χ4v) is 2.86. The van der Waals surface area contributed by atoms with Crippen molar-refractivity contribution >= 4 is 23.2 Å². The maximum Gasteiger partial charge on any atom is 0.279 e. The van der Waals surface area contributed by atoms with Crippen LogP contribution in [0.3, 0.4) is 0 Å². The standard InChI is InChI=1S/C20H20N2O4/c1-25-17-9-8-14(12-18(17)26-2)10-11-21-16-13-19(23)22(20(16)24)15-6-4-3-5-7-15/h3-9,12H,10-11,13H2,1-2H3. The summed E-state index contributed by atoms with van der Waals surface area (Å²) in [5.41, 5.74) is 1.90. The van der Waals surface area contributed by atoms with Crippen molar-refractivity contribution < 1.29 is 19.1 Å². The third kappa shape index (κ3) is 3.59. The second kappa shape index (κ2) is 7.82. The van der Waals surface area contributed by atoms with Crippen molar-refractivity contribution in [3.63, 3.8) is 0 Å². The summed E-state index contributed by atoms with van der Waals surface area (Å²) >= 11 is 0. The number of anilines is 1. The van der Waals surface area contributed by atoms with Gasteiger partial charge >= 0.3 is 0 Å². The number of hydrogen-bond acceptors (Lipinski definition) is 5. The van der Waals surface area contributed by atoms with Crippen LogP contribution >= 0.6 is 0 Å². The normalized spacial score (nSPS) is 15.6. The lowest BCUT2D eigenvalue weighted by molar-refractivity contribution is -0.120. The smallest absolute Gasteiger partial charge is 0.279 e. The van der Waals surface area contributed by atoms with Gasteiger partial charge in [-0.3, -0.25) is 14.6 Å². The molecular weight excluding hydrogens is 332 g/mol. The molecule has 3 rings (SSSR count). The van der Waals surface area contributed by atoms with Crippen molar-refractivity contribution in [2.75, 3.05) is 25.7 Å². The van der Waals surface area contributed by atoms with E-state index >= 15 is 0 Å². The van der Waals surface area contributed by atoms with Gasteiger partial charge in [-0.15, -0.1) is 0 Å². The number of carbonyl (C=O) groups excluding carboxylic acids is 2. The minimum atomic E-state index is -0.339. The van der Waals surface area contributed by atoms with Crippen LogP contribution in [0.1, 0.15) is 12.0 Å². The average molecular weight is 352 g/mol. The highest BCUT2D eigenvalue weighted by atomic mass is 16.5. The number of aliphatic imine (C=N–C) groups is 1. The molecule has 1 aliphatic heterocycles. The first-order chi connectivity index (χ1) is 12.6. The number of benzene rings is 2. The van der Waals surface area contributed by atoms with E-state index in [0.717, 1.165) is 5.56 Å². The van der Waals surface area contributed by atoms with Gasteiger partial charge in [0.15, 0.2) is 11.5 Å². The van der Waals surface area contributed by atoms with Crippen molar-refractivity contribution in [1.82, 2.24) is 0 Å². The molecule has 0 bridgehead atoms. The third-order valence-corrected chi connectivity index (χ3v) is 4.18. The molecule has 1 aliphatic rings. The summed E-state index contributed by atoms with van der Waals surface area (Å²) in [6.07, 6.45) is 0.677. The van der Waals surface area contributed by atoms with Crippen molar-refractivity contribution in [2.45, 2.75) is 12.8 Å². The molecule has 1 saturated heterocycles. The van der Waals surface area contributed by atoms with Crippen LogP contribution in [0, 0.1) is 0 Å². The lowest BCUT2D eigenvalue weighted by Crippen LogP contribution is -2.30. The molecule has 0 N–H and O–H groups in total. The molecule has 0 unspecified atom stereocenters. The zero-order valence-electron chi connectivity index (χ0n) is 14.8. The minimum Gasteiger partial charge on any atom is -0.493 e. The second-order valence-corrected chi connectivity index (χ2v) is 5.81. The van der Waals surface area contributed by atoms with Gasteiger partial charge in [-0.1, -0.05) is 24.3 Å². The number of imide groups is 1. The van der Waals surface area contributed by atoms with E-state index in [1.807, 2.05) is 24.3 Å². The van der Waals surface area contributed by atoms with Crippen LogP contribution in [0.25, 0.3) is 0 Å². The first kappa shape index (κ1) is 17.7. The predicted octanol–water partition coefficient (Wildman–Crippen LogP) is 2.65. The van der Waals surface area contributed by atoms with Gasteiger partial charge in [0, 0.05) is 6.54 Å². The maximum atomic E-state index is 12.5. The Labute approximate surface area is 152 Å². The van der Waals surface area contributed by atoms with Crippen LogP contribution in [0.15, 0.2) is 53.5 Å². The Morgan fingerprint density at radius 2 is 1.73 bits per heavy atom. The van der Waals surface area contributed by atoms with Crippen LogP contribution in [0.4, 0.5) is 5.69 Å². The summed E-state index contributed by atoms with van der Waals surface area (Å²) in [6, 6.07) is 14.6.